The molecule has 0 saturated carbocycles. The van der Waals surface area contributed by atoms with Gasteiger partial charge in [0.1, 0.15) is 23.6 Å². The zero-order valence-corrected chi connectivity index (χ0v) is 17.2. The number of aromatic amines is 1. The largest absolute Gasteiger partial charge is 0.458 e. The number of fused-ring (bicyclic) bond motifs is 2. The molecular formula is C22H21FN6O3. The van der Waals surface area contributed by atoms with Gasteiger partial charge >= 0.3 is 11.8 Å². The lowest BCUT2D eigenvalue weighted by Crippen LogP contribution is -2.48. The maximum absolute atomic E-state index is 13.4. The topological polar surface area (TPSA) is 104 Å². The number of hydrogen-bond donors (Lipinski definition) is 1. The summed E-state index contributed by atoms with van der Waals surface area (Å²) < 4.78 is 24.7. The van der Waals surface area contributed by atoms with Gasteiger partial charge in [0.15, 0.2) is 0 Å². The Kier molecular flexibility index (Phi) is 4.53. The molecule has 1 N–H and O–H groups in total. The Morgan fingerprint density at radius 1 is 1.22 bits per heavy atom. The van der Waals surface area contributed by atoms with E-state index in [1.165, 1.54) is 0 Å². The predicted octanol–water partition coefficient (Wildman–Crippen LogP) is 2.52. The number of aromatic nitrogens is 4. The molecule has 6 rings (SSSR count). The number of nitrogens with one attached hydrogen (secondary N) is 1. The molecule has 1 atom stereocenters. The Morgan fingerprint density at radius 2 is 2.09 bits per heavy atom. The van der Waals surface area contributed by atoms with Gasteiger partial charge in [0.05, 0.1) is 12.0 Å². The van der Waals surface area contributed by atoms with E-state index in [9.17, 15) is 9.18 Å². The molecule has 164 valence electrons. The molecule has 1 fully saturated rings. The molecule has 0 bridgehead atoms. The number of likely N-dealkylation sites (tertiary alicyclic amines) is 1. The summed E-state index contributed by atoms with van der Waals surface area (Å²) >= 11 is 0. The highest BCUT2D eigenvalue weighted by molar-refractivity contribution is 5.90. The fraction of sp³-hybridized carbons (Fsp3) is 0.364. The van der Waals surface area contributed by atoms with E-state index in [0.717, 1.165) is 22.4 Å². The molecule has 0 unspecified atom stereocenters. The molecule has 5 heterocycles. The average molecular weight is 436 g/mol. The van der Waals surface area contributed by atoms with E-state index >= 15 is 0 Å². The van der Waals surface area contributed by atoms with Crippen LogP contribution in [0.3, 0.4) is 0 Å². The van der Waals surface area contributed by atoms with Crippen molar-refractivity contribution in [2.45, 2.75) is 25.1 Å². The summed E-state index contributed by atoms with van der Waals surface area (Å²) in [7, 11) is 0. The predicted molar refractivity (Wildman–Crippen MR) is 111 cm³/mol. The number of hydrogen-bond acceptors (Lipinski definition) is 7. The average Bonchev–Trinajstić information content (AvgIpc) is 3.53. The van der Waals surface area contributed by atoms with Crippen molar-refractivity contribution < 1.29 is 18.0 Å². The van der Waals surface area contributed by atoms with Gasteiger partial charge in [-0.05, 0) is 12.1 Å². The summed E-state index contributed by atoms with van der Waals surface area (Å²) in [5, 5.41) is 8.96. The van der Waals surface area contributed by atoms with Crippen LogP contribution in [0.4, 0.5) is 4.39 Å². The first-order valence-corrected chi connectivity index (χ1v) is 10.7. The van der Waals surface area contributed by atoms with Crippen molar-refractivity contribution in [1.29, 1.82) is 0 Å². The molecule has 0 spiro atoms. The monoisotopic (exact) mass is 436 g/mol. The minimum Gasteiger partial charge on any atom is -0.458 e. The summed E-state index contributed by atoms with van der Waals surface area (Å²) in [6.45, 7) is 1.94. The molecule has 10 heteroatoms. The molecule has 1 amide bonds. The van der Waals surface area contributed by atoms with Crippen molar-refractivity contribution in [2.75, 3.05) is 26.2 Å². The number of para-hydroxylation sites is 1. The number of rotatable bonds is 5. The lowest BCUT2D eigenvalue weighted by atomic mass is 10.00. The number of alkyl halides is 1. The number of amides is 1. The van der Waals surface area contributed by atoms with Gasteiger partial charge in [0.25, 0.3) is 0 Å². The van der Waals surface area contributed by atoms with Gasteiger partial charge in [-0.1, -0.05) is 18.2 Å². The normalized spacial score (nSPS) is 19.3. The number of nitrogens with zero attached hydrogens (tertiary/aromatic N) is 5. The SMILES string of the molecule is O=C(c1nnc(CCN2CC(F)C2)o1)N1CCc2[nH]cnc2[C@H]1c1cc2ccccc2o1. The van der Waals surface area contributed by atoms with Crippen LogP contribution in [0.1, 0.15) is 39.8 Å². The van der Waals surface area contributed by atoms with Crippen LogP contribution in [0, 0.1) is 0 Å². The Balaban J connectivity index is 1.27. The first-order valence-electron chi connectivity index (χ1n) is 10.7. The second-order valence-electron chi connectivity index (χ2n) is 8.21. The molecule has 32 heavy (non-hydrogen) atoms. The molecule has 4 aromatic rings. The molecular weight excluding hydrogens is 415 g/mol. The zero-order chi connectivity index (χ0) is 21.7. The molecule has 0 aliphatic carbocycles. The zero-order valence-electron chi connectivity index (χ0n) is 17.2. The number of carbonyl (C=O) groups is 1. The van der Waals surface area contributed by atoms with E-state index in [1.807, 2.05) is 35.2 Å². The minimum atomic E-state index is -0.754. The summed E-state index contributed by atoms with van der Waals surface area (Å²) in [6.07, 6.45) is 1.99. The van der Waals surface area contributed by atoms with Crippen molar-refractivity contribution in [3.8, 4) is 0 Å². The van der Waals surface area contributed by atoms with Gasteiger partial charge in [-0.2, -0.15) is 0 Å². The van der Waals surface area contributed by atoms with Crippen molar-refractivity contribution in [1.82, 2.24) is 30.0 Å². The van der Waals surface area contributed by atoms with Gasteiger partial charge in [-0.25, -0.2) is 9.37 Å². The summed E-state index contributed by atoms with van der Waals surface area (Å²) in [5.41, 5.74) is 2.48. The van der Waals surface area contributed by atoms with Crippen molar-refractivity contribution >= 4 is 16.9 Å². The van der Waals surface area contributed by atoms with E-state index in [4.69, 9.17) is 8.83 Å². The number of furan rings is 1. The number of halogens is 1. The highest BCUT2D eigenvalue weighted by atomic mass is 19.1. The van der Waals surface area contributed by atoms with E-state index < -0.39 is 12.2 Å². The van der Waals surface area contributed by atoms with Gasteiger partial charge < -0.3 is 18.7 Å². The number of H-pyrrole nitrogens is 1. The Morgan fingerprint density at radius 3 is 2.94 bits per heavy atom. The highest BCUT2D eigenvalue weighted by Crippen LogP contribution is 2.36. The van der Waals surface area contributed by atoms with Crippen molar-refractivity contribution in [2.24, 2.45) is 0 Å². The second-order valence-corrected chi connectivity index (χ2v) is 8.21. The third-order valence-electron chi connectivity index (χ3n) is 6.10. The molecule has 0 radical (unpaired) electrons. The lowest BCUT2D eigenvalue weighted by molar-refractivity contribution is 0.0618. The minimum absolute atomic E-state index is 0.0629. The summed E-state index contributed by atoms with van der Waals surface area (Å²) in [6, 6.07) is 9.16. The van der Waals surface area contributed by atoms with E-state index in [0.29, 0.717) is 50.7 Å². The van der Waals surface area contributed by atoms with E-state index in [-0.39, 0.29) is 11.8 Å². The van der Waals surface area contributed by atoms with Crippen LogP contribution >= 0.6 is 0 Å². The van der Waals surface area contributed by atoms with Gasteiger partial charge in [0, 0.05) is 50.1 Å². The van der Waals surface area contributed by atoms with Crippen LogP contribution < -0.4 is 0 Å². The van der Waals surface area contributed by atoms with Crippen LogP contribution in [-0.4, -0.2) is 68.2 Å². The molecule has 1 saturated heterocycles. The maximum Gasteiger partial charge on any atom is 0.312 e. The van der Waals surface area contributed by atoms with E-state index in [2.05, 4.69) is 20.2 Å². The number of carbonyl (C=O) groups excluding carboxylic acids is 1. The van der Waals surface area contributed by atoms with Crippen LogP contribution in [0.2, 0.25) is 0 Å². The Hall–Kier alpha value is -3.53. The summed E-state index contributed by atoms with van der Waals surface area (Å²) in [4.78, 5) is 24.7. The maximum atomic E-state index is 13.4. The van der Waals surface area contributed by atoms with Crippen LogP contribution in [0.5, 0.6) is 0 Å². The smallest absolute Gasteiger partial charge is 0.312 e. The first-order chi connectivity index (χ1) is 15.7. The van der Waals surface area contributed by atoms with Crippen LogP contribution in [0.15, 0.2) is 45.5 Å². The van der Waals surface area contributed by atoms with Gasteiger partial charge in [-0.3, -0.25) is 9.69 Å². The standard InChI is InChI=1S/C22H21FN6O3/c23-14-10-28(11-14)7-6-18-26-27-21(32-18)22(30)29-8-5-15-19(25-12-24-15)20(29)17-9-13-3-1-2-4-16(13)31-17/h1-4,9,12,14,20H,5-8,10-11H2,(H,24,25)/t20-/m1/s1. The fourth-order valence-corrected chi connectivity index (χ4v) is 4.43. The first kappa shape index (κ1) is 19.2. The van der Waals surface area contributed by atoms with Crippen molar-refractivity contribution in [3.05, 3.63) is 65.6 Å². The number of benzene rings is 1. The lowest BCUT2D eigenvalue weighted by Gasteiger charge is -2.33. The van der Waals surface area contributed by atoms with Gasteiger partial charge in [-0.15, -0.1) is 10.2 Å². The third-order valence-corrected chi connectivity index (χ3v) is 6.10. The number of imidazole rings is 1. The molecule has 2 aliphatic rings. The highest BCUT2D eigenvalue weighted by Gasteiger charge is 2.38. The Labute approximate surface area is 182 Å². The molecule has 2 aliphatic heterocycles. The molecule has 1 aromatic carbocycles. The second kappa shape index (κ2) is 7.56. The summed E-state index contributed by atoms with van der Waals surface area (Å²) in [5.74, 6) is 0.571. The van der Waals surface area contributed by atoms with Crippen molar-refractivity contribution in [3.63, 3.8) is 0 Å². The molecule has 3 aromatic heterocycles. The molecule has 9 nitrogen and oxygen atoms in total. The third kappa shape index (κ3) is 3.27. The van der Waals surface area contributed by atoms with Crippen LogP contribution in [-0.2, 0) is 12.8 Å². The van der Waals surface area contributed by atoms with E-state index in [1.54, 1.807) is 11.2 Å². The Bertz CT molecular complexity index is 1240. The van der Waals surface area contributed by atoms with Crippen LogP contribution in [0.25, 0.3) is 11.0 Å². The fourth-order valence-electron chi connectivity index (χ4n) is 4.43. The quantitative estimate of drug-likeness (QED) is 0.513. The van der Waals surface area contributed by atoms with Gasteiger partial charge in [0.2, 0.25) is 5.89 Å².